The van der Waals surface area contributed by atoms with Crippen molar-refractivity contribution in [3.63, 3.8) is 0 Å². The predicted octanol–water partition coefficient (Wildman–Crippen LogP) is 2.56. The third-order valence-corrected chi connectivity index (χ3v) is 6.93. The second-order valence-electron chi connectivity index (χ2n) is 8.64. The van der Waals surface area contributed by atoms with E-state index in [0.717, 1.165) is 32.2 Å². The molecule has 3 rings (SSSR count). The highest BCUT2D eigenvalue weighted by Crippen LogP contribution is 2.40. The molecule has 160 valence electrons. The molecule has 28 heavy (non-hydrogen) atoms. The molecule has 0 bridgehead atoms. The fourth-order valence-electron chi connectivity index (χ4n) is 5.27. The summed E-state index contributed by atoms with van der Waals surface area (Å²) in [6.07, 6.45) is 1.70. The van der Waals surface area contributed by atoms with E-state index in [-0.39, 0.29) is 18.7 Å². The van der Waals surface area contributed by atoms with E-state index in [1.165, 1.54) is 6.08 Å². The number of hydrazine groups is 1. The van der Waals surface area contributed by atoms with Crippen molar-refractivity contribution in [3.8, 4) is 0 Å². The number of amides is 1. The third kappa shape index (κ3) is 5.27. The Balaban J connectivity index is 1.60. The van der Waals surface area contributed by atoms with Gasteiger partial charge in [0.1, 0.15) is 0 Å². The number of carbonyl (C=O) groups excluding carboxylic acids is 1. The molecule has 1 amide bonds. The Hall–Kier alpha value is -1.12. The first kappa shape index (κ1) is 21.6. The molecule has 3 fully saturated rings. The highest BCUT2D eigenvalue weighted by atomic mass is 19.4. The lowest BCUT2D eigenvalue weighted by Gasteiger charge is -2.45. The third-order valence-electron chi connectivity index (χ3n) is 6.93. The molecule has 2 aliphatic heterocycles. The van der Waals surface area contributed by atoms with Crippen LogP contribution in [-0.4, -0.2) is 67.3 Å². The number of hydrogen-bond acceptors (Lipinski definition) is 4. The summed E-state index contributed by atoms with van der Waals surface area (Å²) in [5.41, 5.74) is 3.54. The number of rotatable bonds is 5. The highest BCUT2D eigenvalue weighted by Gasteiger charge is 2.44. The van der Waals surface area contributed by atoms with Crippen LogP contribution in [0.5, 0.6) is 0 Å². The van der Waals surface area contributed by atoms with Crippen LogP contribution < -0.4 is 10.7 Å². The molecule has 2 saturated heterocycles. The van der Waals surface area contributed by atoms with E-state index < -0.39 is 12.1 Å². The zero-order valence-electron chi connectivity index (χ0n) is 16.7. The zero-order chi connectivity index (χ0) is 20.3. The molecular formula is C20H33F3N4O. The van der Waals surface area contributed by atoms with E-state index in [9.17, 15) is 18.0 Å². The lowest BCUT2D eigenvalue weighted by atomic mass is 9.72. The Morgan fingerprint density at radius 3 is 2.46 bits per heavy atom. The summed E-state index contributed by atoms with van der Waals surface area (Å²) in [7, 11) is 2.04. The van der Waals surface area contributed by atoms with Crippen LogP contribution in [0.3, 0.4) is 0 Å². The largest absolute Gasteiger partial charge is 0.391 e. The minimum Gasteiger partial charge on any atom is -0.352 e. The Kier molecular flexibility index (Phi) is 7.04. The van der Waals surface area contributed by atoms with Crippen molar-refractivity contribution in [2.75, 3.05) is 33.2 Å². The van der Waals surface area contributed by atoms with E-state index in [1.54, 1.807) is 0 Å². The minimum absolute atomic E-state index is 0.147. The maximum Gasteiger partial charge on any atom is 0.391 e. The van der Waals surface area contributed by atoms with Gasteiger partial charge in [0, 0.05) is 32.2 Å². The van der Waals surface area contributed by atoms with E-state index >= 15 is 0 Å². The Morgan fingerprint density at radius 2 is 1.89 bits per heavy atom. The molecule has 0 aromatic heterocycles. The zero-order valence-corrected chi connectivity index (χ0v) is 16.7. The molecule has 2 N–H and O–H groups in total. The molecular weight excluding hydrogens is 369 g/mol. The molecule has 2 heterocycles. The van der Waals surface area contributed by atoms with Crippen LogP contribution in [0.4, 0.5) is 13.2 Å². The highest BCUT2D eigenvalue weighted by molar-refractivity contribution is 5.86. The standard InChI is InChI=1S/C20H33F3N4O/c1-3-19(28)24-13-14-4-5-16(12-17(14)18-8-9-26(2)25-18)27-10-6-15(7-11-27)20(21,22)23/h3,14-18,25H,1,4-13H2,2H3,(H,24,28). The summed E-state index contributed by atoms with van der Waals surface area (Å²) in [5.74, 6) is -0.493. The summed E-state index contributed by atoms with van der Waals surface area (Å²) in [5, 5.41) is 5.06. The number of hydrogen-bond donors (Lipinski definition) is 2. The second kappa shape index (κ2) is 9.13. The van der Waals surface area contributed by atoms with Crippen molar-refractivity contribution in [1.82, 2.24) is 20.7 Å². The summed E-state index contributed by atoms with van der Waals surface area (Å²) in [6, 6.07) is 0.712. The SMILES string of the molecule is C=CC(=O)NCC1CCC(N2CCC(C(F)(F)F)CC2)CC1C1CCN(C)N1. The summed E-state index contributed by atoms with van der Waals surface area (Å²) >= 11 is 0. The Bertz CT molecular complexity index is 548. The number of nitrogens with one attached hydrogen (secondary N) is 2. The molecule has 1 aliphatic carbocycles. The van der Waals surface area contributed by atoms with E-state index in [4.69, 9.17) is 0 Å². The van der Waals surface area contributed by atoms with Crippen molar-refractivity contribution < 1.29 is 18.0 Å². The predicted molar refractivity (Wildman–Crippen MR) is 102 cm³/mol. The molecule has 4 unspecified atom stereocenters. The summed E-state index contributed by atoms with van der Waals surface area (Å²) in [6.45, 7) is 6.22. The normalized spacial score (nSPS) is 33.7. The van der Waals surface area contributed by atoms with E-state index in [1.807, 2.05) is 7.05 Å². The van der Waals surface area contributed by atoms with Crippen molar-refractivity contribution in [2.24, 2.45) is 17.8 Å². The quantitative estimate of drug-likeness (QED) is 0.694. The van der Waals surface area contributed by atoms with Gasteiger partial charge in [-0.15, -0.1) is 0 Å². The minimum atomic E-state index is -4.06. The van der Waals surface area contributed by atoms with Crippen LogP contribution in [0.1, 0.15) is 38.5 Å². The average Bonchev–Trinajstić information content (AvgIpc) is 3.11. The lowest BCUT2D eigenvalue weighted by molar-refractivity contribution is -0.186. The summed E-state index contributed by atoms with van der Waals surface area (Å²) in [4.78, 5) is 13.9. The second-order valence-corrected chi connectivity index (χ2v) is 8.64. The molecule has 0 spiro atoms. The van der Waals surface area contributed by atoms with Crippen LogP contribution in [0.25, 0.3) is 0 Å². The van der Waals surface area contributed by atoms with Crippen molar-refractivity contribution in [1.29, 1.82) is 0 Å². The number of halogens is 3. The van der Waals surface area contributed by atoms with Gasteiger partial charge in [0.25, 0.3) is 0 Å². The lowest BCUT2D eigenvalue weighted by Crippen LogP contribution is -2.51. The monoisotopic (exact) mass is 402 g/mol. The van der Waals surface area contributed by atoms with Gasteiger partial charge in [0.15, 0.2) is 0 Å². The van der Waals surface area contributed by atoms with Crippen LogP contribution in [0, 0.1) is 17.8 Å². The Morgan fingerprint density at radius 1 is 1.18 bits per heavy atom. The van der Waals surface area contributed by atoms with Gasteiger partial charge in [-0.3, -0.25) is 10.2 Å². The van der Waals surface area contributed by atoms with E-state index in [2.05, 4.69) is 27.2 Å². The molecule has 1 saturated carbocycles. The first-order valence-electron chi connectivity index (χ1n) is 10.5. The van der Waals surface area contributed by atoms with Crippen LogP contribution in [-0.2, 0) is 4.79 Å². The fraction of sp³-hybridized carbons (Fsp3) is 0.850. The summed E-state index contributed by atoms with van der Waals surface area (Å²) < 4.78 is 38.9. The molecule has 3 aliphatic rings. The Labute approximate surface area is 165 Å². The molecule has 5 nitrogen and oxygen atoms in total. The number of nitrogens with zero attached hydrogens (tertiary/aromatic N) is 2. The number of piperidine rings is 1. The molecule has 4 atom stereocenters. The molecule has 0 aromatic rings. The smallest absolute Gasteiger partial charge is 0.352 e. The van der Waals surface area contributed by atoms with Crippen LogP contribution >= 0.6 is 0 Å². The molecule has 0 aromatic carbocycles. The van der Waals surface area contributed by atoms with Crippen LogP contribution in [0.15, 0.2) is 12.7 Å². The maximum atomic E-state index is 13.0. The maximum absolute atomic E-state index is 13.0. The van der Waals surface area contributed by atoms with Crippen molar-refractivity contribution in [3.05, 3.63) is 12.7 Å². The van der Waals surface area contributed by atoms with Gasteiger partial charge in [0.2, 0.25) is 5.91 Å². The topological polar surface area (TPSA) is 47.6 Å². The van der Waals surface area contributed by atoms with Crippen LogP contribution in [0.2, 0.25) is 0 Å². The first-order chi connectivity index (χ1) is 13.3. The van der Waals surface area contributed by atoms with Gasteiger partial charge in [-0.2, -0.15) is 13.2 Å². The first-order valence-corrected chi connectivity index (χ1v) is 10.5. The van der Waals surface area contributed by atoms with Crippen molar-refractivity contribution >= 4 is 5.91 Å². The van der Waals surface area contributed by atoms with Crippen molar-refractivity contribution in [2.45, 2.75) is 56.8 Å². The number of carbonyl (C=O) groups is 1. The fourth-order valence-corrected chi connectivity index (χ4v) is 5.27. The van der Waals surface area contributed by atoms with Gasteiger partial charge in [-0.05, 0) is 69.5 Å². The van der Waals surface area contributed by atoms with E-state index in [0.29, 0.717) is 43.6 Å². The van der Waals surface area contributed by atoms with Gasteiger partial charge in [0.05, 0.1) is 5.92 Å². The number of alkyl halides is 3. The van der Waals surface area contributed by atoms with Gasteiger partial charge >= 0.3 is 6.18 Å². The number of likely N-dealkylation sites (tertiary alicyclic amines) is 1. The molecule has 0 radical (unpaired) electrons. The van der Waals surface area contributed by atoms with Gasteiger partial charge in [-0.1, -0.05) is 6.58 Å². The molecule has 8 heteroatoms. The van der Waals surface area contributed by atoms with Gasteiger partial charge in [-0.25, -0.2) is 5.01 Å². The average molecular weight is 403 g/mol. The van der Waals surface area contributed by atoms with Gasteiger partial charge < -0.3 is 10.2 Å².